The summed E-state index contributed by atoms with van der Waals surface area (Å²) in [7, 11) is 0. The van der Waals surface area contributed by atoms with Crippen LogP contribution >= 0.6 is 0 Å². The maximum Gasteiger partial charge on any atom is 0.132 e. The third kappa shape index (κ3) is 4.20. The summed E-state index contributed by atoms with van der Waals surface area (Å²) in [5, 5.41) is 0. The van der Waals surface area contributed by atoms with E-state index < -0.39 is 0 Å². The number of hydrogen-bond acceptors (Lipinski definition) is 3. The van der Waals surface area contributed by atoms with Gasteiger partial charge < -0.3 is 10.6 Å². The Kier molecular flexibility index (Phi) is 5.41. The van der Waals surface area contributed by atoms with Gasteiger partial charge in [0.15, 0.2) is 0 Å². The molecule has 1 atom stereocenters. The second-order valence-corrected chi connectivity index (χ2v) is 6.47. The highest BCUT2D eigenvalue weighted by atomic mass is 15.2. The normalized spacial score (nSPS) is 16.4. The van der Waals surface area contributed by atoms with E-state index in [9.17, 15) is 0 Å². The molecule has 1 aromatic heterocycles. The SMILES string of the molecule is CCC(N)Cc1cccnc1N(CCC(C)C)C1CC1. The second-order valence-electron chi connectivity index (χ2n) is 6.47. The number of rotatable bonds is 8. The standard InChI is InChI=1S/C17H29N3/c1-4-15(18)12-14-6-5-10-19-17(14)20(16-7-8-16)11-9-13(2)3/h5-6,10,13,15-16H,4,7-9,11-12,18H2,1-3H3. The Morgan fingerprint density at radius 1 is 1.40 bits per heavy atom. The minimum Gasteiger partial charge on any atom is -0.353 e. The highest BCUT2D eigenvalue weighted by molar-refractivity contribution is 5.49. The molecule has 0 aliphatic heterocycles. The summed E-state index contributed by atoms with van der Waals surface area (Å²) in [6.45, 7) is 7.85. The molecule has 1 saturated carbocycles. The molecule has 0 amide bonds. The summed E-state index contributed by atoms with van der Waals surface area (Å²) in [6, 6.07) is 5.18. The van der Waals surface area contributed by atoms with Gasteiger partial charge in [-0.15, -0.1) is 0 Å². The molecular weight excluding hydrogens is 246 g/mol. The molecule has 3 nitrogen and oxygen atoms in total. The first-order chi connectivity index (χ1) is 9.61. The molecule has 3 heteroatoms. The third-order valence-corrected chi connectivity index (χ3v) is 4.08. The van der Waals surface area contributed by atoms with Crippen molar-refractivity contribution < 1.29 is 0 Å². The fourth-order valence-electron chi connectivity index (χ4n) is 2.52. The van der Waals surface area contributed by atoms with Crippen molar-refractivity contribution in [2.75, 3.05) is 11.4 Å². The molecule has 112 valence electrons. The van der Waals surface area contributed by atoms with Crippen molar-refractivity contribution in [3.8, 4) is 0 Å². The summed E-state index contributed by atoms with van der Waals surface area (Å²) in [5.41, 5.74) is 7.46. The molecule has 0 aromatic carbocycles. The van der Waals surface area contributed by atoms with Gasteiger partial charge in [0, 0.05) is 24.8 Å². The van der Waals surface area contributed by atoms with Crippen LogP contribution in [0.2, 0.25) is 0 Å². The van der Waals surface area contributed by atoms with Crippen LogP contribution in [0.15, 0.2) is 18.3 Å². The summed E-state index contributed by atoms with van der Waals surface area (Å²) in [6.07, 6.45) is 7.73. The molecule has 1 fully saturated rings. The van der Waals surface area contributed by atoms with E-state index in [2.05, 4.69) is 36.7 Å². The first-order valence-corrected chi connectivity index (χ1v) is 8.08. The minimum absolute atomic E-state index is 0.240. The van der Waals surface area contributed by atoms with Crippen molar-refractivity contribution in [2.45, 2.75) is 65.0 Å². The molecule has 1 unspecified atom stereocenters. The van der Waals surface area contributed by atoms with Gasteiger partial charge in [-0.25, -0.2) is 4.98 Å². The first kappa shape index (κ1) is 15.3. The van der Waals surface area contributed by atoms with E-state index in [1.807, 2.05) is 12.3 Å². The molecule has 0 bridgehead atoms. The zero-order valence-corrected chi connectivity index (χ0v) is 13.2. The molecule has 1 aliphatic carbocycles. The predicted molar refractivity (Wildman–Crippen MR) is 86.0 cm³/mol. The van der Waals surface area contributed by atoms with Gasteiger partial charge in [0.2, 0.25) is 0 Å². The Hall–Kier alpha value is -1.09. The summed E-state index contributed by atoms with van der Waals surface area (Å²) in [4.78, 5) is 7.20. The van der Waals surface area contributed by atoms with Gasteiger partial charge in [-0.1, -0.05) is 26.8 Å². The Bertz CT molecular complexity index is 412. The number of aromatic nitrogens is 1. The summed E-state index contributed by atoms with van der Waals surface area (Å²) >= 11 is 0. The average molecular weight is 275 g/mol. The zero-order valence-electron chi connectivity index (χ0n) is 13.2. The predicted octanol–water partition coefficient (Wildman–Crippen LogP) is 3.38. The van der Waals surface area contributed by atoms with Crippen molar-refractivity contribution in [2.24, 2.45) is 11.7 Å². The molecule has 1 aliphatic rings. The topological polar surface area (TPSA) is 42.1 Å². The fraction of sp³-hybridized carbons (Fsp3) is 0.706. The van der Waals surface area contributed by atoms with Crippen LogP contribution in [-0.4, -0.2) is 23.6 Å². The summed E-state index contributed by atoms with van der Waals surface area (Å²) in [5.74, 6) is 1.92. The first-order valence-electron chi connectivity index (χ1n) is 8.08. The van der Waals surface area contributed by atoms with E-state index >= 15 is 0 Å². The molecule has 1 heterocycles. The lowest BCUT2D eigenvalue weighted by Gasteiger charge is -2.27. The van der Waals surface area contributed by atoms with Gasteiger partial charge in [-0.3, -0.25) is 0 Å². The van der Waals surface area contributed by atoms with Gasteiger partial charge in [-0.05, 0) is 49.7 Å². The van der Waals surface area contributed by atoms with Crippen LogP contribution in [0.5, 0.6) is 0 Å². The van der Waals surface area contributed by atoms with Crippen LogP contribution in [0.3, 0.4) is 0 Å². The Balaban J connectivity index is 2.14. The largest absolute Gasteiger partial charge is 0.353 e. The van der Waals surface area contributed by atoms with Crippen LogP contribution in [0.1, 0.15) is 52.0 Å². The lowest BCUT2D eigenvalue weighted by molar-refractivity contribution is 0.566. The lowest BCUT2D eigenvalue weighted by Crippen LogP contribution is -2.31. The molecule has 2 N–H and O–H groups in total. The zero-order chi connectivity index (χ0) is 14.5. The quantitative estimate of drug-likeness (QED) is 0.791. The number of hydrogen-bond donors (Lipinski definition) is 1. The van der Waals surface area contributed by atoms with Crippen LogP contribution < -0.4 is 10.6 Å². The van der Waals surface area contributed by atoms with Gasteiger partial charge in [-0.2, -0.15) is 0 Å². The lowest BCUT2D eigenvalue weighted by atomic mass is 10.0. The molecule has 2 rings (SSSR count). The molecular formula is C17H29N3. The number of anilines is 1. The van der Waals surface area contributed by atoms with Crippen molar-refractivity contribution >= 4 is 5.82 Å². The summed E-state index contributed by atoms with van der Waals surface area (Å²) < 4.78 is 0. The van der Waals surface area contributed by atoms with E-state index in [4.69, 9.17) is 5.73 Å². The van der Waals surface area contributed by atoms with Gasteiger partial charge in [0.25, 0.3) is 0 Å². The molecule has 20 heavy (non-hydrogen) atoms. The molecule has 0 saturated heterocycles. The van der Waals surface area contributed by atoms with Crippen molar-refractivity contribution in [3.63, 3.8) is 0 Å². The Morgan fingerprint density at radius 2 is 2.15 bits per heavy atom. The number of nitrogens with two attached hydrogens (primary N) is 1. The van der Waals surface area contributed by atoms with Crippen LogP contribution in [0.25, 0.3) is 0 Å². The fourth-order valence-corrected chi connectivity index (χ4v) is 2.52. The van der Waals surface area contributed by atoms with E-state index in [0.29, 0.717) is 6.04 Å². The number of pyridine rings is 1. The van der Waals surface area contributed by atoms with Crippen LogP contribution in [0.4, 0.5) is 5.82 Å². The van der Waals surface area contributed by atoms with E-state index in [1.165, 1.54) is 30.6 Å². The van der Waals surface area contributed by atoms with E-state index in [0.717, 1.165) is 25.3 Å². The average Bonchev–Trinajstić information content (AvgIpc) is 3.25. The van der Waals surface area contributed by atoms with Gasteiger partial charge >= 0.3 is 0 Å². The maximum atomic E-state index is 6.14. The Morgan fingerprint density at radius 3 is 2.75 bits per heavy atom. The highest BCUT2D eigenvalue weighted by Gasteiger charge is 2.31. The monoisotopic (exact) mass is 275 g/mol. The maximum absolute atomic E-state index is 6.14. The van der Waals surface area contributed by atoms with Gasteiger partial charge in [0.1, 0.15) is 5.82 Å². The van der Waals surface area contributed by atoms with E-state index in [1.54, 1.807) is 0 Å². The van der Waals surface area contributed by atoms with Gasteiger partial charge in [0.05, 0.1) is 0 Å². The van der Waals surface area contributed by atoms with Crippen molar-refractivity contribution in [1.82, 2.24) is 4.98 Å². The van der Waals surface area contributed by atoms with Crippen LogP contribution in [-0.2, 0) is 6.42 Å². The van der Waals surface area contributed by atoms with Crippen molar-refractivity contribution in [3.05, 3.63) is 23.9 Å². The van der Waals surface area contributed by atoms with Crippen LogP contribution in [0, 0.1) is 5.92 Å². The highest BCUT2D eigenvalue weighted by Crippen LogP contribution is 2.33. The molecule has 0 radical (unpaired) electrons. The molecule has 1 aromatic rings. The number of nitrogens with zero attached hydrogens (tertiary/aromatic N) is 2. The molecule has 0 spiro atoms. The smallest absolute Gasteiger partial charge is 0.132 e. The second kappa shape index (κ2) is 7.07. The third-order valence-electron chi connectivity index (χ3n) is 4.08. The van der Waals surface area contributed by atoms with E-state index in [-0.39, 0.29) is 6.04 Å². The van der Waals surface area contributed by atoms with Crippen molar-refractivity contribution in [1.29, 1.82) is 0 Å². The Labute approximate surface area is 123 Å². The minimum atomic E-state index is 0.240.